The average Bonchev–Trinajstić information content (AvgIpc) is 3.12. The third-order valence-electron chi connectivity index (χ3n) is 3.28. The predicted molar refractivity (Wildman–Crippen MR) is 83.9 cm³/mol. The smallest absolute Gasteiger partial charge is 0.191 e. The molecule has 0 spiro atoms. The van der Waals surface area contributed by atoms with Gasteiger partial charge in [-0.25, -0.2) is 4.39 Å². The Hall–Kier alpha value is -2.15. The number of hydrogen-bond acceptors (Lipinski definition) is 4. The van der Waals surface area contributed by atoms with Crippen LogP contribution in [-0.2, 0) is 19.3 Å². The second kappa shape index (κ2) is 6.31. The van der Waals surface area contributed by atoms with Crippen LogP contribution in [0.15, 0.2) is 41.8 Å². The van der Waals surface area contributed by atoms with Gasteiger partial charge in [0, 0.05) is 25.5 Å². The van der Waals surface area contributed by atoms with Gasteiger partial charge in [0.15, 0.2) is 11.0 Å². The monoisotopic (exact) mass is 317 g/mol. The SMILES string of the molecule is CCn1c(SCc2ccc(F)cc2)nnc1-c1cnn(C)c1. The second-order valence-electron chi connectivity index (χ2n) is 4.87. The summed E-state index contributed by atoms with van der Waals surface area (Å²) >= 11 is 1.59. The summed E-state index contributed by atoms with van der Waals surface area (Å²) in [5.74, 6) is 1.33. The van der Waals surface area contributed by atoms with Crippen LogP contribution in [0.5, 0.6) is 0 Å². The highest BCUT2D eigenvalue weighted by Gasteiger charge is 2.14. The van der Waals surface area contributed by atoms with Gasteiger partial charge in [-0.15, -0.1) is 10.2 Å². The Morgan fingerprint density at radius 2 is 1.95 bits per heavy atom. The number of hydrogen-bond donors (Lipinski definition) is 0. The summed E-state index contributed by atoms with van der Waals surface area (Å²) in [5, 5.41) is 13.6. The molecule has 22 heavy (non-hydrogen) atoms. The molecule has 0 amide bonds. The van der Waals surface area contributed by atoms with Crippen molar-refractivity contribution in [3.05, 3.63) is 48.0 Å². The van der Waals surface area contributed by atoms with E-state index in [0.29, 0.717) is 0 Å². The van der Waals surface area contributed by atoms with Crippen molar-refractivity contribution >= 4 is 11.8 Å². The fourth-order valence-corrected chi connectivity index (χ4v) is 3.12. The zero-order valence-corrected chi connectivity index (χ0v) is 13.2. The van der Waals surface area contributed by atoms with Crippen molar-refractivity contribution in [2.24, 2.45) is 7.05 Å². The molecule has 0 atom stereocenters. The fourth-order valence-electron chi connectivity index (χ4n) is 2.16. The van der Waals surface area contributed by atoms with Crippen molar-refractivity contribution < 1.29 is 4.39 Å². The van der Waals surface area contributed by atoms with Crippen LogP contribution < -0.4 is 0 Å². The lowest BCUT2D eigenvalue weighted by Gasteiger charge is -2.06. The van der Waals surface area contributed by atoms with Crippen LogP contribution >= 0.6 is 11.8 Å². The Morgan fingerprint density at radius 1 is 1.18 bits per heavy atom. The third kappa shape index (κ3) is 3.04. The Kier molecular flexibility index (Phi) is 4.24. The van der Waals surface area contributed by atoms with E-state index in [-0.39, 0.29) is 5.82 Å². The van der Waals surface area contributed by atoms with Gasteiger partial charge in [0.2, 0.25) is 0 Å². The highest BCUT2D eigenvalue weighted by molar-refractivity contribution is 7.98. The molecule has 0 N–H and O–H groups in total. The highest BCUT2D eigenvalue weighted by atomic mass is 32.2. The molecule has 0 aliphatic rings. The molecule has 0 fully saturated rings. The molecule has 7 heteroatoms. The van der Waals surface area contributed by atoms with Crippen LogP contribution in [0, 0.1) is 5.82 Å². The van der Waals surface area contributed by atoms with Gasteiger partial charge >= 0.3 is 0 Å². The quantitative estimate of drug-likeness (QED) is 0.678. The largest absolute Gasteiger partial charge is 0.302 e. The van der Waals surface area contributed by atoms with Crippen LogP contribution in [0.3, 0.4) is 0 Å². The average molecular weight is 317 g/mol. The molecule has 114 valence electrons. The summed E-state index contributed by atoms with van der Waals surface area (Å²) in [7, 11) is 1.88. The molecule has 2 heterocycles. The minimum absolute atomic E-state index is 0.218. The Morgan fingerprint density at radius 3 is 2.59 bits per heavy atom. The van der Waals surface area contributed by atoms with Gasteiger partial charge in [0.1, 0.15) is 5.82 Å². The van der Waals surface area contributed by atoms with E-state index >= 15 is 0 Å². The van der Waals surface area contributed by atoms with Crippen molar-refractivity contribution in [2.75, 3.05) is 0 Å². The molecule has 0 aliphatic heterocycles. The van der Waals surface area contributed by atoms with E-state index in [2.05, 4.69) is 26.8 Å². The van der Waals surface area contributed by atoms with E-state index < -0.39 is 0 Å². The molecule has 0 aliphatic carbocycles. The molecule has 0 radical (unpaired) electrons. The predicted octanol–water partition coefficient (Wildman–Crippen LogP) is 3.13. The minimum Gasteiger partial charge on any atom is -0.302 e. The van der Waals surface area contributed by atoms with Gasteiger partial charge in [-0.05, 0) is 24.6 Å². The van der Waals surface area contributed by atoms with Gasteiger partial charge in [-0.3, -0.25) is 4.68 Å². The van der Waals surface area contributed by atoms with Crippen LogP contribution in [0.1, 0.15) is 12.5 Å². The number of nitrogens with zero attached hydrogens (tertiary/aromatic N) is 5. The van der Waals surface area contributed by atoms with Crippen LogP contribution in [0.2, 0.25) is 0 Å². The Balaban J connectivity index is 1.79. The minimum atomic E-state index is -0.218. The molecular formula is C15H16FN5S. The topological polar surface area (TPSA) is 48.5 Å². The lowest BCUT2D eigenvalue weighted by atomic mass is 10.2. The lowest BCUT2D eigenvalue weighted by molar-refractivity contribution is 0.627. The molecule has 5 nitrogen and oxygen atoms in total. The summed E-state index contributed by atoms with van der Waals surface area (Å²) in [6.07, 6.45) is 3.70. The Labute approximate surface area is 132 Å². The maximum Gasteiger partial charge on any atom is 0.191 e. The maximum atomic E-state index is 12.9. The van der Waals surface area contributed by atoms with Gasteiger partial charge in [0.05, 0.1) is 11.8 Å². The van der Waals surface area contributed by atoms with Crippen LogP contribution in [-0.4, -0.2) is 24.5 Å². The summed E-state index contributed by atoms with van der Waals surface area (Å²) in [4.78, 5) is 0. The number of aromatic nitrogens is 5. The number of halogens is 1. The molecule has 0 bridgehead atoms. The van der Waals surface area contributed by atoms with Gasteiger partial charge in [-0.1, -0.05) is 23.9 Å². The zero-order chi connectivity index (χ0) is 15.5. The van der Waals surface area contributed by atoms with Gasteiger partial charge in [0.25, 0.3) is 0 Å². The third-order valence-corrected chi connectivity index (χ3v) is 4.32. The number of aryl methyl sites for hydroxylation is 1. The van der Waals surface area contributed by atoms with E-state index in [1.54, 1.807) is 34.8 Å². The molecule has 0 unspecified atom stereocenters. The number of rotatable bonds is 5. The number of thioether (sulfide) groups is 1. The van der Waals surface area contributed by atoms with Crippen molar-refractivity contribution in [1.29, 1.82) is 0 Å². The first kappa shape index (κ1) is 14.8. The van der Waals surface area contributed by atoms with Crippen LogP contribution in [0.4, 0.5) is 4.39 Å². The van der Waals surface area contributed by atoms with Gasteiger partial charge < -0.3 is 4.57 Å². The summed E-state index contributed by atoms with van der Waals surface area (Å²) in [6, 6.07) is 6.52. The summed E-state index contributed by atoms with van der Waals surface area (Å²) in [5.41, 5.74) is 2.01. The van der Waals surface area contributed by atoms with Crippen molar-refractivity contribution in [3.8, 4) is 11.4 Å². The van der Waals surface area contributed by atoms with E-state index in [4.69, 9.17) is 0 Å². The van der Waals surface area contributed by atoms with E-state index in [1.807, 2.05) is 13.2 Å². The molecule has 3 rings (SSSR count). The molecule has 3 aromatic rings. The number of benzene rings is 1. The second-order valence-corrected chi connectivity index (χ2v) is 5.81. The van der Waals surface area contributed by atoms with Crippen LogP contribution in [0.25, 0.3) is 11.4 Å². The Bertz CT molecular complexity index is 763. The molecule has 0 saturated carbocycles. The van der Waals surface area contributed by atoms with E-state index in [1.165, 1.54) is 12.1 Å². The van der Waals surface area contributed by atoms with E-state index in [0.717, 1.165) is 34.4 Å². The van der Waals surface area contributed by atoms with E-state index in [9.17, 15) is 4.39 Å². The van der Waals surface area contributed by atoms with Gasteiger partial charge in [-0.2, -0.15) is 5.10 Å². The first-order valence-electron chi connectivity index (χ1n) is 6.97. The normalized spacial score (nSPS) is 11.0. The first-order chi connectivity index (χ1) is 10.7. The summed E-state index contributed by atoms with van der Waals surface area (Å²) < 4.78 is 16.7. The zero-order valence-electron chi connectivity index (χ0n) is 12.4. The molecule has 2 aromatic heterocycles. The van der Waals surface area contributed by atoms with Crippen molar-refractivity contribution in [3.63, 3.8) is 0 Å². The highest BCUT2D eigenvalue weighted by Crippen LogP contribution is 2.26. The molecule has 1 aromatic carbocycles. The van der Waals surface area contributed by atoms with Crippen molar-refractivity contribution in [1.82, 2.24) is 24.5 Å². The standard InChI is InChI=1S/C15H16FN5S/c1-3-21-14(12-8-17-20(2)9-12)18-19-15(21)22-10-11-4-6-13(16)7-5-11/h4-9H,3,10H2,1-2H3. The molecular weight excluding hydrogens is 301 g/mol. The fraction of sp³-hybridized carbons (Fsp3) is 0.267. The lowest BCUT2D eigenvalue weighted by Crippen LogP contribution is -1.99. The first-order valence-corrected chi connectivity index (χ1v) is 7.95. The maximum absolute atomic E-state index is 12.9. The molecule has 0 saturated heterocycles. The van der Waals surface area contributed by atoms with Crippen molar-refractivity contribution in [2.45, 2.75) is 24.4 Å². The summed E-state index contributed by atoms with van der Waals surface area (Å²) in [6.45, 7) is 2.84.